The van der Waals surface area contributed by atoms with Gasteiger partial charge in [-0.3, -0.25) is 13.8 Å². The number of unbranched alkanes of at least 4 members (excludes halogenated alkanes) is 31. The van der Waals surface area contributed by atoms with Crippen LogP contribution in [0.15, 0.2) is 36.5 Å². The smallest absolute Gasteiger partial charge is 0.457 e. The summed E-state index contributed by atoms with van der Waals surface area (Å²) in [7, 11) is 1.67. The van der Waals surface area contributed by atoms with Crippen LogP contribution < -0.4 is 0 Å². The molecule has 0 aromatic heterocycles. The zero-order chi connectivity index (χ0) is 46.9. The van der Waals surface area contributed by atoms with Crippen molar-refractivity contribution in [3.8, 4) is 0 Å². The molecule has 0 rings (SSSR count). The number of carbonyl (C=O) groups excluding carboxylic acids is 1. The Morgan fingerprint density at radius 3 is 1.36 bits per heavy atom. The van der Waals surface area contributed by atoms with Gasteiger partial charge in [0.05, 0.1) is 34.4 Å². The van der Waals surface area contributed by atoms with Crippen molar-refractivity contribution in [3.63, 3.8) is 0 Å². The molecule has 0 aliphatic carbocycles. The number of phosphoric ester groups is 1. The zero-order valence-electron chi connectivity index (χ0n) is 43.0. The maximum atomic E-state index is 12.8. The van der Waals surface area contributed by atoms with Gasteiger partial charge < -0.3 is 18.9 Å². The molecule has 0 radical (unpaired) electrons. The number of likely N-dealkylation sites (N-methyl/N-ethyl adjacent to an activating group) is 1. The third kappa shape index (κ3) is 51.7. The molecule has 2 unspecified atom stereocenters. The summed E-state index contributed by atoms with van der Waals surface area (Å²) < 4.78 is 35.2. The Morgan fingerprint density at radius 2 is 0.906 bits per heavy atom. The van der Waals surface area contributed by atoms with Crippen LogP contribution in [-0.2, 0) is 27.9 Å². The fourth-order valence-corrected chi connectivity index (χ4v) is 8.55. The molecule has 0 aromatic rings. The third-order valence-corrected chi connectivity index (χ3v) is 13.0. The van der Waals surface area contributed by atoms with Gasteiger partial charge in [0.1, 0.15) is 19.3 Å². The largest absolute Gasteiger partial charge is 0.472 e. The first kappa shape index (κ1) is 62.7. The first-order valence-electron chi connectivity index (χ1n) is 27.2. The van der Waals surface area contributed by atoms with Gasteiger partial charge in [-0.05, 0) is 44.9 Å². The lowest BCUT2D eigenvalue weighted by Crippen LogP contribution is -2.37. The SMILES string of the molecule is CC/C=C\C/C=C\C/C=C\CCCCCCCCCC(=O)OC(COCCCCCCCCCCCCCCCCCCCCCCCCCCC)COP(=O)(O)OCC[N+](C)(C)C. The van der Waals surface area contributed by atoms with Gasteiger partial charge in [-0.15, -0.1) is 0 Å². The van der Waals surface area contributed by atoms with Crippen molar-refractivity contribution in [1.82, 2.24) is 0 Å². The lowest BCUT2D eigenvalue weighted by Gasteiger charge is -2.24. The van der Waals surface area contributed by atoms with Crippen molar-refractivity contribution >= 4 is 13.8 Å². The summed E-state index contributed by atoms with van der Waals surface area (Å²) in [6.07, 6.45) is 59.2. The standard InChI is InChI=1S/C55H106NO7P/c1-6-8-10-12-14-16-18-20-22-24-25-26-27-28-29-30-31-33-35-37-39-41-43-45-47-50-60-52-54(53-62-64(58,59)61-51-49-56(3,4)5)63-55(57)48-46-44-42-40-38-36-34-32-23-21-19-17-15-13-11-9-7-2/h9,11,15,17,21,23,54H,6-8,10,12-14,16,18-20,22,24-53H2,1-5H3/p+1/b11-9-,17-15-,23-21-. The first-order chi connectivity index (χ1) is 31.1. The molecule has 0 bridgehead atoms. The molecular formula is C55H107NO7P+. The molecule has 0 amide bonds. The van der Waals surface area contributed by atoms with Crippen molar-refractivity contribution in [1.29, 1.82) is 0 Å². The Hall–Kier alpha value is -1.28. The molecule has 0 aliphatic heterocycles. The molecule has 1 N–H and O–H groups in total. The van der Waals surface area contributed by atoms with E-state index in [1.54, 1.807) is 0 Å². The number of quaternary nitrogens is 1. The van der Waals surface area contributed by atoms with Crippen molar-refractivity contribution in [2.45, 2.75) is 258 Å². The number of phosphoric acid groups is 1. The summed E-state index contributed by atoms with van der Waals surface area (Å²) in [6, 6.07) is 0. The van der Waals surface area contributed by atoms with Gasteiger partial charge in [0.15, 0.2) is 0 Å². The quantitative estimate of drug-likeness (QED) is 0.0214. The van der Waals surface area contributed by atoms with E-state index in [4.69, 9.17) is 18.5 Å². The van der Waals surface area contributed by atoms with Crippen molar-refractivity contribution < 1.29 is 37.3 Å². The second-order valence-corrected chi connectivity index (χ2v) is 21.0. The van der Waals surface area contributed by atoms with Crippen LogP contribution in [0.4, 0.5) is 0 Å². The lowest BCUT2D eigenvalue weighted by atomic mass is 10.0. The van der Waals surface area contributed by atoms with Crippen LogP contribution in [-0.4, -0.2) is 75.6 Å². The van der Waals surface area contributed by atoms with E-state index in [-0.39, 0.29) is 25.8 Å². The number of rotatable bonds is 51. The maximum Gasteiger partial charge on any atom is 0.472 e. The van der Waals surface area contributed by atoms with E-state index in [2.05, 4.69) is 50.3 Å². The fourth-order valence-electron chi connectivity index (χ4n) is 7.81. The summed E-state index contributed by atoms with van der Waals surface area (Å²) in [6.45, 7) is 5.55. The molecule has 2 atom stereocenters. The minimum atomic E-state index is -4.28. The van der Waals surface area contributed by atoms with Crippen LogP contribution in [0.5, 0.6) is 0 Å². The number of hydrogen-bond donors (Lipinski definition) is 1. The minimum absolute atomic E-state index is 0.0876. The summed E-state index contributed by atoms with van der Waals surface area (Å²) in [5.74, 6) is -0.319. The van der Waals surface area contributed by atoms with Crippen LogP contribution in [0.3, 0.4) is 0 Å². The Morgan fingerprint density at radius 1 is 0.500 bits per heavy atom. The van der Waals surface area contributed by atoms with E-state index in [9.17, 15) is 14.3 Å². The Kier molecular flexibility index (Phi) is 47.2. The van der Waals surface area contributed by atoms with Crippen LogP contribution in [0.25, 0.3) is 0 Å². The van der Waals surface area contributed by atoms with E-state index < -0.39 is 13.9 Å². The number of esters is 1. The average Bonchev–Trinajstić information content (AvgIpc) is 3.25. The highest BCUT2D eigenvalue weighted by Crippen LogP contribution is 2.43. The number of allylic oxidation sites excluding steroid dienone is 6. The molecule has 0 aliphatic rings. The van der Waals surface area contributed by atoms with Crippen LogP contribution in [0.2, 0.25) is 0 Å². The second kappa shape index (κ2) is 48.2. The second-order valence-electron chi connectivity index (χ2n) is 19.6. The average molecular weight is 925 g/mol. The molecule has 8 nitrogen and oxygen atoms in total. The highest BCUT2D eigenvalue weighted by atomic mass is 31.2. The predicted molar refractivity (Wildman–Crippen MR) is 275 cm³/mol. The molecule has 9 heteroatoms. The lowest BCUT2D eigenvalue weighted by molar-refractivity contribution is -0.870. The topological polar surface area (TPSA) is 91.3 Å². The van der Waals surface area contributed by atoms with Gasteiger partial charge in [0.25, 0.3) is 0 Å². The minimum Gasteiger partial charge on any atom is -0.457 e. The van der Waals surface area contributed by atoms with E-state index in [0.29, 0.717) is 24.1 Å². The van der Waals surface area contributed by atoms with Crippen LogP contribution in [0.1, 0.15) is 251 Å². The van der Waals surface area contributed by atoms with Crippen molar-refractivity contribution in [2.24, 2.45) is 0 Å². The fraction of sp³-hybridized carbons (Fsp3) is 0.873. The van der Waals surface area contributed by atoms with Crippen molar-refractivity contribution in [2.75, 3.05) is 54.1 Å². The molecule has 0 aromatic carbocycles. The number of nitrogens with zero attached hydrogens (tertiary/aromatic N) is 1. The predicted octanol–water partition coefficient (Wildman–Crippen LogP) is 16.9. The first-order valence-corrected chi connectivity index (χ1v) is 28.7. The Labute approximate surface area is 397 Å². The van der Waals surface area contributed by atoms with Gasteiger partial charge in [0, 0.05) is 13.0 Å². The molecule has 0 saturated heterocycles. The molecular weight excluding hydrogens is 818 g/mol. The van der Waals surface area contributed by atoms with Crippen molar-refractivity contribution in [3.05, 3.63) is 36.5 Å². The molecule has 0 heterocycles. The van der Waals surface area contributed by atoms with Gasteiger partial charge in [-0.2, -0.15) is 0 Å². The maximum absolute atomic E-state index is 12.8. The third-order valence-electron chi connectivity index (χ3n) is 12.0. The highest BCUT2D eigenvalue weighted by molar-refractivity contribution is 7.47. The molecule has 378 valence electrons. The van der Waals surface area contributed by atoms with E-state index >= 15 is 0 Å². The number of ether oxygens (including phenoxy) is 2. The van der Waals surface area contributed by atoms with E-state index in [1.165, 1.54) is 173 Å². The summed E-state index contributed by atoms with van der Waals surface area (Å²) in [5.41, 5.74) is 0. The Bertz CT molecular complexity index is 1120. The van der Waals surface area contributed by atoms with E-state index in [1.807, 2.05) is 21.1 Å². The molecule has 0 fully saturated rings. The summed E-state index contributed by atoms with van der Waals surface area (Å²) in [4.78, 5) is 23.0. The van der Waals surface area contributed by atoms with Gasteiger partial charge in [0.2, 0.25) is 0 Å². The normalized spacial score (nSPS) is 13.8. The number of hydrogen-bond acceptors (Lipinski definition) is 6. The highest BCUT2D eigenvalue weighted by Gasteiger charge is 2.26. The Balaban J connectivity index is 4.04. The molecule has 0 saturated carbocycles. The van der Waals surface area contributed by atoms with Crippen LogP contribution in [0, 0.1) is 0 Å². The van der Waals surface area contributed by atoms with Gasteiger partial charge in [-0.25, -0.2) is 4.57 Å². The monoisotopic (exact) mass is 925 g/mol. The molecule has 64 heavy (non-hydrogen) atoms. The number of carbonyl (C=O) groups is 1. The summed E-state index contributed by atoms with van der Waals surface area (Å²) in [5, 5.41) is 0. The van der Waals surface area contributed by atoms with Gasteiger partial charge >= 0.3 is 13.8 Å². The van der Waals surface area contributed by atoms with Gasteiger partial charge in [-0.1, -0.05) is 237 Å². The van der Waals surface area contributed by atoms with E-state index in [0.717, 1.165) is 57.8 Å². The van der Waals surface area contributed by atoms with Crippen LogP contribution >= 0.6 is 7.82 Å². The summed E-state index contributed by atoms with van der Waals surface area (Å²) >= 11 is 0. The zero-order valence-corrected chi connectivity index (χ0v) is 43.9. The molecule has 0 spiro atoms.